The Morgan fingerprint density at radius 2 is 1.74 bits per heavy atom. The number of fused-ring (bicyclic) bond motifs is 4. The van der Waals surface area contributed by atoms with Gasteiger partial charge in [0, 0.05) is 23.0 Å². The Bertz CT molecular complexity index is 1880. The number of rotatable bonds is 6. The maximum Gasteiger partial charge on any atom is 0.260 e. The molecule has 0 radical (unpaired) electrons. The molecule has 1 saturated carbocycles. The van der Waals surface area contributed by atoms with E-state index in [1.54, 1.807) is 37.3 Å². The van der Waals surface area contributed by atoms with Crippen molar-refractivity contribution in [3.63, 3.8) is 0 Å². The average molecular weight is 679 g/mol. The topological polar surface area (TPSA) is 116 Å². The fourth-order valence-corrected chi connectivity index (χ4v) is 8.78. The molecule has 2 heterocycles. The molecule has 0 bridgehead atoms. The van der Waals surface area contributed by atoms with Crippen LogP contribution in [0.4, 0.5) is 10.1 Å². The SMILES string of the molecule is CCN1C(=O)C2CC=C3C(CC4C(=O)N(Nc5ccc(Cl)cc5Cl)C(=O)C4(c4ccc(OC)cc4)C3c3cccc(F)c3O)C2C1=O. The summed E-state index contributed by atoms with van der Waals surface area (Å²) < 4.78 is 20.6. The Labute approximate surface area is 279 Å². The second-order valence-corrected chi connectivity index (χ2v) is 13.2. The second-order valence-electron chi connectivity index (χ2n) is 12.3. The fraction of sp³-hybridized carbons (Fsp3) is 0.314. The normalized spacial score (nSPS) is 28.2. The molecule has 3 aromatic rings. The smallest absolute Gasteiger partial charge is 0.260 e. The number of anilines is 1. The molecule has 12 heteroatoms. The van der Waals surface area contributed by atoms with E-state index >= 15 is 9.18 Å². The summed E-state index contributed by atoms with van der Waals surface area (Å²) in [7, 11) is 1.50. The molecule has 2 saturated heterocycles. The van der Waals surface area contributed by atoms with E-state index in [9.17, 15) is 19.5 Å². The van der Waals surface area contributed by atoms with Gasteiger partial charge in [-0.1, -0.05) is 59.1 Å². The standard InChI is InChI=1S/C35H30Cl2FN3O6/c1-3-40-31(43)21-13-12-20-23(28(21)33(40)45)16-24-32(44)41(39-27-14-9-18(36)15-25(27)37)34(46)35(24,17-7-10-19(47-2)11-8-17)29(20)22-5-4-6-26(38)30(22)42/h4-12,14-15,21,23-24,28-29,39,42H,3,13,16H2,1-2H3. The van der Waals surface area contributed by atoms with Crippen LogP contribution in [0.2, 0.25) is 10.0 Å². The number of likely N-dealkylation sites (tertiary alicyclic amines) is 1. The number of hydrogen-bond acceptors (Lipinski definition) is 7. The van der Waals surface area contributed by atoms with Gasteiger partial charge in [-0.15, -0.1) is 0 Å². The number of allylic oxidation sites excluding steroid dienone is 2. The average Bonchev–Trinajstić information content (AvgIpc) is 3.44. The Morgan fingerprint density at radius 3 is 2.43 bits per heavy atom. The van der Waals surface area contributed by atoms with Gasteiger partial charge < -0.3 is 9.84 Å². The summed E-state index contributed by atoms with van der Waals surface area (Å²) in [6, 6.07) is 15.4. The maximum atomic E-state index is 15.2. The zero-order chi connectivity index (χ0) is 33.4. The van der Waals surface area contributed by atoms with E-state index in [-0.39, 0.29) is 47.5 Å². The van der Waals surface area contributed by atoms with E-state index in [0.29, 0.717) is 21.9 Å². The number of phenols is 1. The molecule has 3 aromatic carbocycles. The van der Waals surface area contributed by atoms with Crippen molar-refractivity contribution in [1.29, 1.82) is 0 Å². The highest BCUT2D eigenvalue weighted by atomic mass is 35.5. The number of phenolic OH excluding ortho intramolecular Hbond substituents is 1. The van der Waals surface area contributed by atoms with E-state index in [4.69, 9.17) is 27.9 Å². The summed E-state index contributed by atoms with van der Waals surface area (Å²) in [4.78, 5) is 58.1. The van der Waals surface area contributed by atoms with Crippen molar-refractivity contribution in [2.24, 2.45) is 23.7 Å². The van der Waals surface area contributed by atoms with Gasteiger partial charge in [0.25, 0.3) is 11.8 Å². The number of imide groups is 2. The van der Waals surface area contributed by atoms with Crippen molar-refractivity contribution in [3.8, 4) is 11.5 Å². The monoisotopic (exact) mass is 677 g/mol. The number of hydrogen-bond donors (Lipinski definition) is 2. The second kappa shape index (κ2) is 11.4. The quantitative estimate of drug-likeness (QED) is 0.248. The van der Waals surface area contributed by atoms with Gasteiger partial charge in [0.15, 0.2) is 11.6 Å². The molecular formula is C35H30Cl2FN3O6. The molecule has 9 nitrogen and oxygen atoms in total. The van der Waals surface area contributed by atoms with Gasteiger partial charge in [0.1, 0.15) is 5.75 Å². The van der Waals surface area contributed by atoms with Crippen LogP contribution in [0, 0.1) is 29.5 Å². The molecule has 6 unspecified atom stereocenters. The van der Waals surface area contributed by atoms with Crippen LogP contribution in [0.3, 0.4) is 0 Å². The lowest BCUT2D eigenvalue weighted by Gasteiger charge is -2.50. The van der Waals surface area contributed by atoms with E-state index in [2.05, 4.69) is 5.43 Å². The Morgan fingerprint density at radius 1 is 1.00 bits per heavy atom. The number of aromatic hydroxyl groups is 1. The largest absolute Gasteiger partial charge is 0.505 e. The molecule has 2 aliphatic carbocycles. The van der Waals surface area contributed by atoms with Gasteiger partial charge in [-0.25, -0.2) is 4.39 Å². The van der Waals surface area contributed by atoms with Crippen LogP contribution < -0.4 is 10.2 Å². The van der Waals surface area contributed by atoms with Crippen LogP contribution in [0.5, 0.6) is 11.5 Å². The van der Waals surface area contributed by atoms with E-state index in [1.165, 1.54) is 36.3 Å². The predicted octanol–water partition coefficient (Wildman–Crippen LogP) is 5.85. The molecule has 2 N–H and O–H groups in total. The van der Waals surface area contributed by atoms with E-state index < -0.39 is 58.4 Å². The number of benzene rings is 3. The Hall–Kier alpha value is -4.41. The summed E-state index contributed by atoms with van der Waals surface area (Å²) in [5.41, 5.74) is 2.58. The van der Waals surface area contributed by atoms with Crippen LogP contribution in [-0.2, 0) is 24.6 Å². The van der Waals surface area contributed by atoms with Gasteiger partial charge in [-0.3, -0.25) is 29.5 Å². The van der Waals surface area contributed by atoms with Crippen molar-refractivity contribution < 1.29 is 33.4 Å². The lowest BCUT2D eigenvalue weighted by molar-refractivity contribution is -0.141. The first-order valence-corrected chi connectivity index (χ1v) is 16.1. The van der Waals surface area contributed by atoms with Crippen LogP contribution in [0.25, 0.3) is 0 Å². The lowest BCUT2D eigenvalue weighted by atomic mass is 9.49. The van der Waals surface area contributed by atoms with Crippen LogP contribution >= 0.6 is 23.2 Å². The molecule has 2 aliphatic heterocycles. The summed E-state index contributed by atoms with van der Waals surface area (Å²) in [5.74, 6) is -7.11. The van der Waals surface area contributed by atoms with Gasteiger partial charge in [0.2, 0.25) is 11.8 Å². The van der Waals surface area contributed by atoms with Gasteiger partial charge in [0.05, 0.1) is 41.0 Å². The highest BCUT2D eigenvalue weighted by Crippen LogP contribution is 2.65. The fourth-order valence-electron chi connectivity index (χ4n) is 8.33. The zero-order valence-electron chi connectivity index (χ0n) is 25.4. The lowest BCUT2D eigenvalue weighted by Crippen LogP contribution is -2.53. The number of methoxy groups -OCH3 is 1. The Kier molecular flexibility index (Phi) is 7.56. The van der Waals surface area contributed by atoms with E-state index in [1.807, 2.05) is 6.08 Å². The molecule has 6 atom stereocenters. The minimum Gasteiger partial charge on any atom is -0.505 e. The molecule has 242 valence electrons. The number of carbonyl (C=O) groups is 4. The molecule has 47 heavy (non-hydrogen) atoms. The number of nitrogens with zero attached hydrogens (tertiary/aromatic N) is 2. The van der Waals surface area contributed by atoms with Crippen LogP contribution in [0.1, 0.15) is 36.8 Å². The van der Waals surface area contributed by atoms with E-state index in [0.717, 1.165) is 11.1 Å². The van der Waals surface area contributed by atoms with Gasteiger partial charge in [-0.2, -0.15) is 5.01 Å². The number of hydrazine groups is 1. The first kappa shape index (κ1) is 31.2. The number of para-hydroxylation sites is 1. The highest BCUT2D eigenvalue weighted by molar-refractivity contribution is 6.36. The maximum absolute atomic E-state index is 15.2. The van der Waals surface area contributed by atoms with Gasteiger partial charge >= 0.3 is 0 Å². The zero-order valence-corrected chi connectivity index (χ0v) is 26.9. The summed E-state index contributed by atoms with van der Waals surface area (Å²) >= 11 is 12.6. The number of nitrogens with one attached hydrogen (secondary N) is 1. The third-order valence-corrected chi connectivity index (χ3v) is 10.9. The number of halogens is 3. The minimum atomic E-state index is -1.70. The van der Waals surface area contributed by atoms with Crippen molar-refractivity contribution in [3.05, 3.63) is 99.3 Å². The first-order valence-electron chi connectivity index (χ1n) is 15.3. The summed E-state index contributed by atoms with van der Waals surface area (Å²) in [6.45, 7) is 1.94. The molecule has 0 aromatic heterocycles. The molecule has 7 rings (SSSR count). The summed E-state index contributed by atoms with van der Waals surface area (Å²) in [5, 5.41) is 12.7. The Balaban J connectivity index is 1.48. The summed E-state index contributed by atoms with van der Waals surface area (Å²) in [6.07, 6.45) is 2.12. The molecule has 0 spiro atoms. The third kappa shape index (κ3) is 4.41. The number of carbonyl (C=O) groups excluding carboxylic acids is 4. The van der Waals surface area contributed by atoms with Crippen molar-refractivity contribution >= 4 is 52.5 Å². The van der Waals surface area contributed by atoms with Crippen molar-refractivity contribution in [1.82, 2.24) is 9.91 Å². The predicted molar refractivity (Wildman–Crippen MR) is 171 cm³/mol. The third-order valence-electron chi connectivity index (χ3n) is 10.3. The van der Waals surface area contributed by atoms with Crippen molar-refractivity contribution in [2.75, 3.05) is 19.1 Å². The number of amides is 4. The van der Waals surface area contributed by atoms with Crippen molar-refractivity contribution in [2.45, 2.75) is 31.1 Å². The van der Waals surface area contributed by atoms with Crippen LogP contribution in [-0.4, -0.2) is 52.3 Å². The molecule has 3 fully saturated rings. The molecule has 4 amide bonds. The minimum absolute atomic E-state index is 0.0548. The molecular weight excluding hydrogens is 648 g/mol. The van der Waals surface area contributed by atoms with Gasteiger partial charge in [-0.05, 0) is 67.6 Å². The molecule has 4 aliphatic rings. The highest BCUT2D eigenvalue weighted by Gasteiger charge is 2.70. The van der Waals surface area contributed by atoms with Crippen LogP contribution in [0.15, 0.2) is 72.3 Å². The number of ether oxygens (including phenoxy) is 1. The first-order chi connectivity index (χ1) is 22.5.